The molecule has 0 bridgehead atoms. The summed E-state index contributed by atoms with van der Waals surface area (Å²) in [5, 5.41) is 1.42. The highest BCUT2D eigenvalue weighted by molar-refractivity contribution is 14.1. The minimum atomic E-state index is -1.70. The predicted octanol–water partition coefficient (Wildman–Crippen LogP) is 1.20. The van der Waals surface area contributed by atoms with Crippen LogP contribution in [0.25, 0.3) is 0 Å². The minimum absolute atomic E-state index is 0.239. The number of carbonyl (C=O) groups excluding carboxylic acids is 3. The Morgan fingerprint density at radius 2 is 1.96 bits per heavy atom. The van der Waals surface area contributed by atoms with Crippen LogP contribution in [0.2, 0.25) is 0 Å². The highest BCUT2D eigenvalue weighted by atomic mass is 127. The molecule has 0 aromatic heterocycles. The first kappa shape index (κ1) is 20.6. The number of esters is 1. The van der Waals surface area contributed by atoms with Crippen LogP contribution in [0.1, 0.15) is 10.4 Å². The van der Waals surface area contributed by atoms with Crippen LogP contribution in [0.3, 0.4) is 0 Å². The average Bonchev–Trinajstić information content (AvgIpc) is 3.46. The summed E-state index contributed by atoms with van der Waals surface area (Å²) < 4.78 is 20.9. The summed E-state index contributed by atoms with van der Waals surface area (Å²) in [5.41, 5.74) is 0.717. The molecule has 0 N–H and O–H groups in total. The van der Waals surface area contributed by atoms with Gasteiger partial charge >= 0.3 is 12.1 Å². The first-order chi connectivity index (χ1) is 13.4. The smallest absolute Gasteiger partial charge is 0.410 e. The topological polar surface area (TPSA) is 104 Å². The van der Waals surface area contributed by atoms with Crippen molar-refractivity contribution in [3.63, 3.8) is 0 Å². The molecule has 1 amide bonds. The van der Waals surface area contributed by atoms with Crippen molar-refractivity contribution in [1.82, 2.24) is 4.90 Å². The predicted molar refractivity (Wildman–Crippen MR) is 103 cm³/mol. The normalized spacial score (nSPS) is 25.6. The van der Waals surface area contributed by atoms with Crippen LogP contribution in [0.4, 0.5) is 10.5 Å². The monoisotopic (exact) mass is 506 g/mol. The molecule has 152 valence electrons. The molecule has 2 heterocycles. The third kappa shape index (κ3) is 3.16. The molecule has 2 fully saturated rings. The molecule has 0 unspecified atom stereocenters. The van der Waals surface area contributed by atoms with Gasteiger partial charge in [0.15, 0.2) is 6.29 Å². The third-order valence-corrected chi connectivity index (χ3v) is 5.83. The van der Waals surface area contributed by atoms with Gasteiger partial charge in [0, 0.05) is 7.11 Å². The van der Waals surface area contributed by atoms with Crippen molar-refractivity contribution in [2.45, 2.75) is 17.9 Å². The van der Waals surface area contributed by atoms with Crippen molar-refractivity contribution in [1.29, 1.82) is 0 Å². The van der Waals surface area contributed by atoms with E-state index in [-0.39, 0.29) is 18.2 Å². The lowest BCUT2D eigenvalue weighted by molar-refractivity contribution is -0.222. The molecule has 2 aliphatic rings. The lowest BCUT2D eigenvalue weighted by Gasteiger charge is -2.37. The van der Waals surface area contributed by atoms with E-state index < -0.39 is 23.9 Å². The van der Waals surface area contributed by atoms with Crippen molar-refractivity contribution in [3.05, 3.63) is 21.3 Å². The summed E-state index contributed by atoms with van der Waals surface area (Å²) >= 11 is 2.05. The zero-order chi connectivity index (χ0) is 20.6. The number of nitrogens with zero attached hydrogens (tertiary/aromatic N) is 2. The second-order valence-corrected chi connectivity index (χ2v) is 7.17. The van der Waals surface area contributed by atoms with E-state index in [9.17, 15) is 14.4 Å². The summed E-state index contributed by atoms with van der Waals surface area (Å²) in [6.45, 7) is 0.239. The fourth-order valence-electron chi connectivity index (χ4n) is 3.31. The van der Waals surface area contributed by atoms with Crippen molar-refractivity contribution >= 4 is 46.6 Å². The summed E-state index contributed by atoms with van der Waals surface area (Å²) in [6, 6.07) is 2.13. The van der Waals surface area contributed by atoms with E-state index in [0.717, 1.165) is 0 Å². The van der Waals surface area contributed by atoms with Gasteiger partial charge in [0.05, 0.1) is 48.7 Å². The zero-order valence-corrected chi connectivity index (χ0v) is 17.8. The van der Waals surface area contributed by atoms with E-state index in [0.29, 0.717) is 21.3 Å². The second-order valence-electron chi connectivity index (χ2n) is 6.09. The standard InChI is InChI=1S/C17H19IN2O8/c1-24-12-6-9(15(22)25-2)5-10(13(12)18)19-7-11-14(20(11)16(23)26-3)17(8-21,27-4)28-19/h5-6,8,11,14H,7H2,1-4H3/t11-,14-,17-,20?/m0/s1. The second kappa shape index (κ2) is 7.72. The van der Waals surface area contributed by atoms with Gasteiger partial charge < -0.3 is 18.9 Å². The molecule has 0 radical (unpaired) electrons. The number of carbonyl (C=O) groups is 3. The number of methoxy groups -OCH3 is 4. The lowest BCUT2D eigenvalue weighted by atomic mass is 10.1. The molecule has 0 saturated carbocycles. The maximum absolute atomic E-state index is 12.0. The molecule has 10 nitrogen and oxygen atoms in total. The van der Waals surface area contributed by atoms with Crippen LogP contribution in [-0.4, -0.2) is 76.1 Å². The van der Waals surface area contributed by atoms with Gasteiger partial charge in [0.2, 0.25) is 0 Å². The SMILES string of the molecule is COC(=O)c1cc(OC)c(I)c(N2C[C@H]3[C@H](N3C(=O)OC)[C@@](C=O)(OC)O2)c1. The van der Waals surface area contributed by atoms with Crippen molar-refractivity contribution in [2.75, 3.05) is 40.0 Å². The van der Waals surface area contributed by atoms with E-state index >= 15 is 0 Å². The van der Waals surface area contributed by atoms with Gasteiger partial charge in [-0.3, -0.25) is 9.69 Å². The van der Waals surface area contributed by atoms with E-state index in [1.165, 1.54) is 38.4 Å². The average molecular weight is 506 g/mol. The summed E-state index contributed by atoms with van der Waals surface area (Å²) in [4.78, 5) is 43.2. The number of hydrogen-bond acceptors (Lipinski definition) is 9. The number of aldehydes is 1. The molecular weight excluding hydrogens is 487 g/mol. The van der Waals surface area contributed by atoms with Crippen LogP contribution >= 0.6 is 22.6 Å². The van der Waals surface area contributed by atoms with Crippen molar-refractivity contribution in [3.8, 4) is 5.75 Å². The Morgan fingerprint density at radius 3 is 2.50 bits per heavy atom. The summed E-state index contributed by atoms with van der Waals surface area (Å²) in [5.74, 6) is -1.82. The molecule has 2 saturated heterocycles. The lowest BCUT2D eigenvalue weighted by Crippen LogP contribution is -2.54. The van der Waals surface area contributed by atoms with Gasteiger partial charge in [-0.2, -0.15) is 0 Å². The van der Waals surface area contributed by atoms with Gasteiger partial charge in [0.25, 0.3) is 5.79 Å². The molecule has 11 heteroatoms. The van der Waals surface area contributed by atoms with E-state index in [1.54, 1.807) is 12.1 Å². The summed E-state index contributed by atoms with van der Waals surface area (Å²) in [6.07, 6.45) is -0.0760. The van der Waals surface area contributed by atoms with E-state index in [4.69, 9.17) is 23.8 Å². The number of hydrogen-bond donors (Lipinski definition) is 0. The summed E-state index contributed by atoms with van der Waals surface area (Å²) in [7, 11) is 5.32. The molecule has 3 atom stereocenters. The number of anilines is 1. The van der Waals surface area contributed by atoms with Crippen LogP contribution in [-0.2, 0) is 23.8 Å². The molecule has 3 rings (SSSR count). The van der Waals surface area contributed by atoms with E-state index in [2.05, 4.69) is 0 Å². The molecule has 28 heavy (non-hydrogen) atoms. The first-order valence-corrected chi connectivity index (χ1v) is 9.25. The van der Waals surface area contributed by atoms with Crippen LogP contribution < -0.4 is 9.80 Å². The Balaban J connectivity index is 2.03. The van der Waals surface area contributed by atoms with Crippen molar-refractivity contribution in [2.24, 2.45) is 0 Å². The third-order valence-electron chi connectivity index (χ3n) is 4.75. The highest BCUT2D eigenvalue weighted by Gasteiger charge is 2.69. The maximum atomic E-state index is 12.0. The van der Waals surface area contributed by atoms with Gasteiger partial charge in [-0.05, 0) is 34.7 Å². The number of hydroxylamine groups is 1. The molecule has 1 aromatic rings. The van der Waals surface area contributed by atoms with Crippen LogP contribution in [0, 0.1) is 3.57 Å². The molecular formula is C17H19IN2O8. The molecule has 0 aliphatic carbocycles. The Labute approximate surface area is 174 Å². The largest absolute Gasteiger partial charge is 0.496 e. The Kier molecular flexibility index (Phi) is 5.68. The van der Waals surface area contributed by atoms with Gasteiger partial charge in [-0.1, -0.05) is 0 Å². The maximum Gasteiger partial charge on any atom is 0.410 e. The minimum Gasteiger partial charge on any atom is -0.496 e. The van der Waals surface area contributed by atoms with Crippen LogP contribution in [0.15, 0.2) is 12.1 Å². The number of benzene rings is 1. The number of amides is 1. The molecule has 2 aliphatic heterocycles. The number of ether oxygens (including phenoxy) is 4. The van der Waals surface area contributed by atoms with E-state index in [1.807, 2.05) is 22.6 Å². The molecule has 0 spiro atoms. The van der Waals surface area contributed by atoms with Gasteiger partial charge in [0.1, 0.15) is 11.8 Å². The fourth-order valence-corrected chi connectivity index (χ4v) is 4.11. The Bertz CT molecular complexity index is 819. The number of fused-ring (bicyclic) bond motifs is 1. The van der Waals surface area contributed by atoms with Crippen molar-refractivity contribution < 1.29 is 38.2 Å². The van der Waals surface area contributed by atoms with Gasteiger partial charge in [-0.25, -0.2) is 19.5 Å². The Hall–Kier alpha value is -2.12. The van der Waals surface area contributed by atoms with Gasteiger partial charge in [-0.15, -0.1) is 0 Å². The quantitative estimate of drug-likeness (QED) is 0.252. The van der Waals surface area contributed by atoms with Crippen LogP contribution in [0.5, 0.6) is 5.75 Å². The Morgan fingerprint density at radius 1 is 1.25 bits per heavy atom. The highest BCUT2D eigenvalue weighted by Crippen LogP contribution is 2.46. The fraction of sp³-hybridized carbons (Fsp3) is 0.471. The first-order valence-electron chi connectivity index (χ1n) is 8.17. The zero-order valence-electron chi connectivity index (χ0n) is 15.6. The molecule has 1 aromatic carbocycles. The number of halogens is 1. The number of rotatable bonds is 5.